The minimum absolute atomic E-state index is 0. The SMILES string of the molecule is Cl.N[C@@H](CS)CCOc1ccccc1. The molecule has 0 unspecified atom stereocenters. The van der Waals surface area contributed by atoms with Gasteiger partial charge in [0.2, 0.25) is 0 Å². The number of para-hydroxylation sites is 1. The van der Waals surface area contributed by atoms with Crippen LogP contribution < -0.4 is 10.5 Å². The van der Waals surface area contributed by atoms with Gasteiger partial charge in [-0.1, -0.05) is 18.2 Å². The van der Waals surface area contributed by atoms with Crippen molar-refractivity contribution in [3.8, 4) is 5.75 Å². The summed E-state index contributed by atoms with van der Waals surface area (Å²) in [6, 6.07) is 9.87. The summed E-state index contributed by atoms with van der Waals surface area (Å²) in [7, 11) is 0. The molecule has 0 saturated carbocycles. The van der Waals surface area contributed by atoms with Gasteiger partial charge in [0, 0.05) is 11.8 Å². The fourth-order valence-corrected chi connectivity index (χ4v) is 1.12. The average Bonchev–Trinajstić information content (AvgIpc) is 2.19. The number of hydrogen-bond donors (Lipinski definition) is 2. The second-order valence-electron chi connectivity index (χ2n) is 2.89. The van der Waals surface area contributed by atoms with Crippen molar-refractivity contribution in [1.29, 1.82) is 0 Å². The Morgan fingerprint density at radius 1 is 1.29 bits per heavy atom. The normalized spacial score (nSPS) is 11.6. The number of ether oxygens (including phenoxy) is 1. The van der Waals surface area contributed by atoms with E-state index < -0.39 is 0 Å². The van der Waals surface area contributed by atoms with Gasteiger partial charge in [-0.3, -0.25) is 0 Å². The van der Waals surface area contributed by atoms with Gasteiger partial charge < -0.3 is 10.5 Å². The highest BCUT2D eigenvalue weighted by atomic mass is 35.5. The molecule has 1 aromatic rings. The number of hydrogen-bond acceptors (Lipinski definition) is 3. The quantitative estimate of drug-likeness (QED) is 0.765. The van der Waals surface area contributed by atoms with E-state index in [4.69, 9.17) is 10.5 Å². The van der Waals surface area contributed by atoms with E-state index in [0.29, 0.717) is 12.4 Å². The molecule has 14 heavy (non-hydrogen) atoms. The van der Waals surface area contributed by atoms with Crippen LogP contribution in [0.25, 0.3) is 0 Å². The zero-order valence-electron chi connectivity index (χ0n) is 7.93. The maximum absolute atomic E-state index is 5.68. The van der Waals surface area contributed by atoms with Crippen molar-refractivity contribution in [3.63, 3.8) is 0 Å². The summed E-state index contributed by atoms with van der Waals surface area (Å²) in [4.78, 5) is 0. The highest BCUT2D eigenvalue weighted by Crippen LogP contribution is 2.08. The second-order valence-corrected chi connectivity index (χ2v) is 3.26. The minimum atomic E-state index is 0. The molecule has 0 amide bonds. The molecule has 0 aliphatic heterocycles. The molecule has 1 rings (SSSR count). The topological polar surface area (TPSA) is 35.2 Å². The zero-order chi connectivity index (χ0) is 9.52. The monoisotopic (exact) mass is 233 g/mol. The van der Waals surface area contributed by atoms with E-state index in [1.807, 2.05) is 30.3 Å². The first-order chi connectivity index (χ1) is 6.33. The maximum Gasteiger partial charge on any atom is 0.119 e. The summed E-state index contributed by atoms with van der Waals surface area (Å²) >= 11 is 4.10. The molecular formula is C10H16ClNOS. The lowest BCUT2D eigenvalue weighted by molar-refractivity contribution is 0.302. The van der Waals surface area contributed by atoms with Crippen molar-refractivity contribution < 1.29 is 4.74 Å². The molecule has 0 saturated heterocycles. The van der Waals surface area contributed by atoms with Crippen LogP contribution in [0.2, 0.25) is 0 Å². The van der Waals surface area contributed by atoms with E-state index in [9.17, 15) is 0 Å². The van der Waals surface area contributed by atoms with Gasteiger partial charge in [0.05, 0.1) is 6.61 Å². The van der Waals surface area contributed by atoms with Crippen LogP contribution in [0.4, 0.5) is 0 Å². The lowest BCUT2D eigenvalue weighted by atomic mass is 10.3. The summed E-state index contributed by atoms with van der Waals surface area (Å²) in [6.45, 7) is 0.658. The van der Waals surface area contributed by atoms with Crippen molar-refractivity contribution >= 4 is 25.0 Å². The van der Waals surface area contributed by atoms with Crippen molar-refractivity contribution in [1.82, 2.24) is 0 Å². The summed E-state index contributed by atoms with van der Waals surface area (Å²) in [5.74, 6) is 1.60. The molecule has 2 N–H and O–H groups in total. The first-order valence-electron chi connectivity index (χ1n) is 4.37. The first kappa shape index (κ1) is 13.6. The van der Waals surface area contributed by atoms with Crippen LogP contribution in [0.3, 0.4) is 0 Å². The number of thiol groups is 1. The van der Waals surface area contributed by atoms with Gasteiger partial charge in [0.15, 0.2) is 0 Å². The molecule has 1 atom stereocenters. The lowest BCUT2D eigenvalue weighted by Crippen LogP contribution is -2.24. The molecule has 2 nitrogen and oxygen atoms in total. The Kier molecular flexibility index (Phi) is 7.76. The summed E-state index contributed by atoms with van der Waals surface area (Å²) in [6.07, 6.45) is 0.846. The predicted molar refractivity (Wildman–Crippen MR) is 65.6 cm³/mol. The molecule has 0 aliphatic carbocycles. The third-order valence-corrected chi connectivity index (χ3v) is 2.20. The fraction of sp³-hybridized carbons (Fsp3) is 0.400. The molecule has 4 heteroatoms. The van der Waals surface area contributed by atoms with E-state index >= 15 is 0 Å². The third-order valence-electron chi connectivity index (χ3n) is 1.74. The standard InChI is InChI=1S/C10H15NOS.ClH/c11-9(8-13)6-7-12-10-4-2-1-3-5-10;/h1-5,9,13H,6-8,11H2;1H/t9-;/m1./s1. The van der Waals surface area contributed by atoms with Gasteiger partial charge in [-0.15, -0.1) is 12.4 Å². The molecular weight excluding hydrogens is 218 g/mol. The molecule has 0 aromatic heterocycles. The Hall–Kier alpha value is -0.380. The highest BCUT2D eigenvalue weighted by molar-refractivity contribution is 7.80. The molecule has 0 fully saturated rings. The van der Waals surface area contributed by atoms with E-state index in [1.165, 1.54) is 0 Å². The van der Waals surface area contributed by atoms with Gasteiger partial charge in [0.25, 0.3) is 0 Å². The van der Waals surface area contributed by atoms with Gasteiger partial charge in [-0.2, -0.15) is 12.6 Å². The molecule has 0 aliphatic rings. The van der Waals surface area contributed by atoms with Crippen LogP contribution in [-0.4, -0.2) is 18.4 Å². The first-order valence-corrected chi connectivity index (χ1v) is 5.00. The van der Waals surface area contributed by atoms with E-state index in [2.05, 4.69) is 12.6 Å². The van der Waals surface area contributed by atoms with Crippen LogP contribution in [0.1, 0.15) is 6.42 Å². The minimum Gasteiger partial charge on any atom is -0.494 e. The van der Waals surface area contributed by atoms with Crippen LogP contribution in [0.5, 0.6) is 5.75 Å². The van der Waals surface area contributed by atoms with Gasteiger partial charge >= 0.3 is 0 Å². The Labute approximate surface area is 96.7 Å². The molecule has 0 bridgehead atoms. The van der Waals surface area contributed by atoms with Gasteiger partial charge in [-0.05, 0) is 18.6 Å². The Bertz CT molecular complexity index is 233. The van der Waals surface area contributed by atoms with Crippen molar-refractivity contribution in [2.75, 3.05) is 12.4 Å². The number of rotatable bonds is 5. The largest absolute Gasteiger partial charge is 0.494 e. The molecule has 0 spiro atoms. The van der Waals surface area contributed by atoms with Gasteiger partial charge in [-0.25, -0.2) is 0 Å². The molecule has 0 heterocycles. The predicted octanol–water partition coefficient (Wildman–Crippen LogP) is 2.13. The maximum atomic E-state index is 5.68. The van der Waals surface area contributed by atoms with Crippen LogP contribution in [-0.2, 0) is 0 Å². The van der Waals surface area contributed by atoms with E-state index in [-0.39, 0.29) is 18.4 Å². The summed E-state index contributed by atoms with van der Waals surface area (Å²) in [5.41, 5.74) is 5.68. The highest BCUT2D eigenvalue weighted by Gasteiger charge is 1.99. The average molecular weight is 234 g/mol. The Balaban J connectivity index is 0.00000169. The number of nitrogens with two attached hydrogens (primary N) is 1. The zero-order valence-corrected chi connectivity index (χ0v) is 9.64. The number of halogens is 1. The smallest absolute Gasteiger partial charge is 0.119 e. The van der Waals surface area contributed by atoms with Crippen molar-refractivity contribution in [3.05, 3.63) is 30.3 Å². The van der Waals surface area contributed by atoms with Crippen molar-refractivity contribution in [2.45, 2.75) is 12.5 Å². The Morgan fingerprint density at radius 2 is 1.93 bits per heavy atom. The molecule has 80 valence electrons. The van der Waals surface area contributed by atoms with Crippen LogP contribution >= 0.6 is 25.0 Å². The fourth-order valence-electron chi connectivity index (χ4n) is 0.936. The van der Waals surface area contributed by atoms with Crippen LogP contribution in [0, 0.1) is 0 Å². The number of benzene rings is 1. The molecule has 0 radical (unpaired) electrons. The second kappa shape index (κ2) is 7.97. The molecule has 1 aromatic carbocycles. The van der Waals surface area contributed by atoms with Crippen LogP contribution in [0.15, 0.2) is 30.3 Å². The van der Waals surface area contributed by atoms with Crippen molar-refractivity contribution in [2.24, 2.45) is 5.73 Å². The van der Waals surface area contributed by atoms with Gasteiger partial charge in [0.1, 0.15) is 5.75 Å². The Morgan fingerprint density at radius 3 is 2.50 bits per heavy atom. The van der Waals surface area contributed by atoms with E-state index in [1.54, 1.807) is 0 Å². The third kappa shape index (κ3) is 5.37. The summed E-state index contributed by atoms with van der Waals surface area (Å²) in [5, 5.41) is 0. The summed E-state index contributed by atoms with van der Waals surface area (Å²) < 4.78 is 5.46. The lowest BCUT2D eigenvalue weighted by Gasteiger charge is -2.09. The van der Waals surface area contributed by atoms with E-state index in [0.717, 1.165) is 12.2 Å².